The molecule has 1 N–H and O–H groups in total. The third-order valence-electron chi connectivity index (χ3n) is 2.53. The lowest BCUT2D eigenvalue weighted by atomic mass is 10.3. The maximum Gasteiger partial charge on any atom is 0.348 e. The van der Waals surface area contributed by atoms with Crippen LogP contribution in [0, 0.1) is 10.1 Å². The molecule has 8 nitrogen and oxygen atoms in total. The molecule has 110 valence electrons. The highest BCUT2D eigenvalue weighted by Gasteiger charge is 2.23. The molecule has 2 heterocycles. The molecule has 0 amide bonds. The van der Waals surface area contributed by atoms with Gasteiger partial charge in [-0.15, -0.1) is 0 Å². The van der Waals surface area contributed by atoms with E-state index in [1.807, 2.05) is 6.07 Å². The van der Waals surface area contributed by atoms with Crippen molar-refractivity contribution in [1.29, 1.82) is 0 Å². The van der Waals surface area contributed by atoms with Gasteiger partial charge in [-0.25, -0.2) is 9.97 Å². The quantitative estimate of drug-likeness (QED) is 0.495. The number of halogens is 1. The van der Waals surface area contributed by atoms with Gasteiger partial charge in [0.25, 0.3) is 0 Å². The van der Waals surface area contributed by atoms with Gasteiger partial charge in [-0.2, -0.15) is 0 Å². The molecule has 0 aromatic carbocycles. The molecular weight excluding hydrogens is 298 g/mol. The van der Waals surface area contributed by atoms with Crippen molar-refractivity contribution in [2.24, 2.45) is 0 Å². The van der Waals surface area contributed by atoms with Crippen LogP contribution in [-0.2, 0) is 17.9 Å². The molecule has 0 aliphatic rings. The molecule has 0 atom stereocenters. The number of nitrogens with zero attached hydrogens (tertiary/aromatic N) is 4. The van der Waals surface area contributed by atoms with Gasteiger partial charge in [0.1, 0.15) is 6.61 Å². The van der Waals surface area contributed by atoms with Crippen molar-refractivity contribution in [2.75, 3.05) is 12.4 Å². The Labute approximate surface area is 125 Å². The van der Waals surface area contributed by atoms with Gasteiger partial charge in [0, 0.05) is 26.0 Å². The Morgan fingerprint density at radius 3 is 2.90 bits per heavy atom. The van der Waals surface area contributed by atoms with Gasteiger partial charge in [0.15, 0.2) is 5.82 Å². The summed E-state index contributed by atoms with van der Waals surface area (Å²) >= 11 is 5.85. The number of hydrogen-bond donors (Lipinski definition) is 1. The van der Waals surface area contributed by atoms with E-state index in [9.17, 15) is 10.1 Å². The van der Waals surface area contributed by atoms with Gasteiger partial charge in [-0.05, 0) is 11.6 Å². The van der Waals surface area contributed by atoms with Gasteiger partial charge in [0.2, 0.25) is 11.0 Å². The summed E-state index contributed by atoms with van der Waals surface area (Å²) in [6.07, 6.45) is 3.29. The van der Waals surface area contributed by atoms with E-state index in [-0.39, 0.29) is 29.1 Å². The third kappa shape index (κ3) is 3.83. The van der Waals surface area contributed by atoms with Crippen LogP contribution in [-0.4, -0.2) is 27.0 Å². The number of nitro groups is 1. The van der Waals surface area contributed by atoms with E-state index >= 15 is 0 Å². The molecule has 9 heteroatoms. The first-order valence-electron chi connectivity index (χ1n) is 5.94. The Hall–Kier alpha value is -2.32. The largest absolute Gasteiger partial charge is 0.377 e. The van der Waals surface area contributed by atoms with Gasteiger partial charge in [-0.1, -0.05) is 17.7 Å². The zero-order valence-corrected chi connectivity index (χ0v) is 11.9. The molecule has 0 fully saturated rings. The molecule has 0 radical (unpaired) electrons. The van der Waals surface area contributed by atoms with Crippen LogP contribution in [0.3, 0.4) is 0 Å². The van der Waals surface area contributed by atoms with Gasteiger partial charge in [-0.3, -0.25) is 15.1 Å². The predicted molar refractivity (Wildman–Crippen MR) is 76.0 cm³/mol. The van der Waals surface area contributed by atoms with Gasteiger partial charge in [0.05, 0.1) is 4.92 Å². The highest BCUT2D eigenvalue weighted by molar-refractivity contribution is 6.31. The van der Waals surface area contributed by atoms with Gasteiger partial charge < -0.3 is 10.1 Å². The van der Waals surface area contributed by atoms with Crippen LogP contribution in [0.4, 0.5) is 11.5 Å². The van der Waals surface area contributed by atoms with Gasteiger partial charge >= 0.3 is 5.69 Å². The summed E-state index contributed by atoms with van der Waals surface area (Å²) < 4.78 is 4.91. The summed E-state index contributed by atoms with van der Waals surface area (Å²) in [7, 11) is 1.47. The lowest BCUT2D eigenvalue weighted by molar-refractivity contribution is -0.384. The molecule has 0 unspecified atom stereocenters. The average Bonchev–Trinajstić information content (AvgIpc) is 2.45. The zero-order chi connectivity index (χ0) is 15.2. The van der Waals surface area contributed by atoms with Crippen molar-refractivity contribution >= 4 is 23.1 Å². The first kappa shape index (κ1) is 15.1. The van der Waals surface area contributed by atoms with E-state index in [0.717, 1.165) is 5.56 Å². The van der Waals surface area contributed by atoms with E-state index in [2.05, 4.69) is 20.3 Å². The van der Waals surface area contributed by atoms with E-state index in [1.54, 1.807) is 18.5 Å². The Balaban J connectivity index is 2.28. The number of pyridine rings is 1. The molecule has 2 rings (SSSR count). The van der Waals surface area contributed by atoms with Crippen LogP contribution in [0.2, 0.25) is 5.15 Å². The fourth-order valence-electron chi connectivity index (χ4n) is 1.64. The Morgan fingerprint density at radius 2 is 2.29 bits per heavy atom. The van der Waals surface area contributed by atoms with Crippen molar-refractivity contribution in [1.82, 2.24) is 15.0 Å². The molecule has 0 saturated heterocycles. The lowest BCUT2D eigenvalue weighted by Gasteiger charge is -2.08. The molecule has 0 spiro atoms. The first-order valence-corrected chi connectivity index (χ1v) is 6.32. The monoisotopic (exact) mass is 309 g/mol. The number of nitrogens with one attached hydrogen (secondary N) is 1. The van der Waals surface area contributed by atoms with E-state index < -0.39 is 4.92 Å². The lowest BCUT2D eigenvalue weighted by Crippen LogP contribution is -2.09. The standard InChI is InChI=1S/C12H12ClN5O3/c1-21-7-9-16-11(13)10(18(19)20)12(17-9)15-6-8-3-2-4-14-5-8/h2-5H,6-7H2,1H3,(H,15,16,17). The maximum absolute atomic E-state index is 11.1. The topological polar surface area (TPSA) is 103 Å². The summed E-state index contributed by atoms with van der Waals surface area (Å²) in [6, 6.07) is 3.61. The maximum atomic E-state index is 11.1. The van der Waals surface area contributed by atoms with Crippen LogP contribution in [0.1, 0.15) is 11.4 Å². The number of rotatable bonds is 6. The second kappa shape index (κ2) is 6.91. The first-order chi connectivity index (χ1) is 10.1. The fraction of sp³-hybridized carbons (Fsp3) is 0.250. The van der Waals surface area contributed by atoms with E-state index in [1.165, 1.54) is 7.11 Å². The normalized spacial score (nSPS) is 10.4. The van der Waals surface area contributed by atoms with Crippen LogP contribution in [0.15, 0.2) is 24.5 Å². The zero-order valence-electron chi connectivity index (χ0n) is 11.1. The predicted octanol–water partition coefficient (Wildman–Crippen LogP) is 2.19. The minimum Gasteiger partial charge on any atom is -0.377 e. The minimum absolute atomic E-state index is 0.0518. The second-order valence-electron chi connectivity index (χ2n) is 4.03. The number of aromatic nitrogens is 3. The molecule has 0 aliphatic heterocycles. The van der Waals surface area contributed by atoms with Crippen molar-refractivity contribution in [3.8, 4) is 0 Å². The third-order valence-corrected chi connectivity index (χ3v) is 2.79. The van der Waals surface area contributed by atoms with Crippen LogP contribution in [0.25, 0.3) is 0 Å². The van der Waals surface area contributed by atoms with Crippen molar-refractivity contribution in [2.45, 2.75) is 13.2 Å². The highest BCUT2D eigenvalue weighted by atomic mass is 35.5. The fourth-order valence-corrected chi connectivity index (χ4v) is 1.89. The molecule has 21 heavy (non-hydrogen) atoms. The summed E-state index contributed by atoms with van der Waals surface area (Å²) in [5, 5.41) is 13.7. The van der Waals surface area contributed by atoms with E-state index in [4.69, 9.17) is 16.3 Å². The molecule has 0 bridgehead atoms. The smallest absolute Gasteiger partial charge is 0.348 e. The Kier molecular flexibility index (Phi) is 4.96. The average molecular weight is 310 g/mol. The van der Waals surface area contributed by atoms with Crippen molar-refractivity contribution < 1.29 is 9.66 Å². The molecule has 2 aromatic heterocycles. The number of ether oxygens (including phenoxy) is 1. The number of methoxy groups -OCH3 is 1. The van der Waals surface area contributed by atoms with Crippen LogP contribution >= 0.6 is 11.6 Å². The summed E-state index contributed by atoms with van der Waals surface area (Å²) in [5.41, 5.74) is 0.496. The van der Waals surface area contributed by atoms with Crippen molar-refractivity contribution in [3.05, 3.63) is 51.2 Å². The number of anilines is 1. The van der Waals surface area contributed by atoms with E-state index in [0.29, 0.717) is 6.54 Å². The minimum atomic E-state index is -0.621. The van der Waals surface area contributed by atoms with Crippen molar-refractivity contribution in [3.63, 3.8) is 0 Å². The summed E-state index contributed by atoms with van der Waals surface area (Å²) in [6.45, 7) is 0.438. The molecule has 0 aliphatic carbocycles. The highest BCUT2D eigenvalue weighted by Crippen LogP contribution is 2.29. The Morgan fingerprint density at radius 1 is 1.48 bits per heavy atom. The second-order valence-corrected chi connectivity index (χ2v) is 4.39. The van der Waals surface area contributed by atoms with Crippen LogP contribution < -0.4 is 5.32 Å². The van der Waals surface area contributed by atoms with Crippen LogP contribution in [0.5, 0.6) is 0 Å². The summed E-state index contributed by atoms with van der Waals surface area (Å²) in [4.78, 5) is 22.3. The summed E-state index contributed by atoms with van der Waals surface area (Å²) in [5.74, 6) is 0.317. The SMILES string of the molecule is COCc1nc(Cl)c([N+](=O)[O-])c(NCc2cccnc2)n1. The molecular formula is C12H12ClN5O3. The number of hydrogen-bond acceptors (Lipinski definition) is 7. The molecule has 2 aromatic rings. The Bertz CT molecular complexity index is 638. The molecule has 0 saturated carbocycles.